The Morgan fingerprint density at radius 1 is 1.19 bits per heavy atom. The standard InChI is InChI=1S/C27H29N7O3/c1-27(2)7-6-20-19(12-27)24(30-15-29-20)34-8-9-37-22-5-4-16(10-18(22)14-34)17-11-21-23(28-13-17)32-25(31-21)33(3)26(35)36/h4-5,10-11,13,15H,6-9,12,14H2,1-3H3,(H,35,36)(H,28,31,32). The number of hydrogen-bond donors (Lipinski definition) is 2. The smallest absolute Gasteiger partial charge is 0.413 e. The van der Waals surface area contributed by atoms with Gasteiger partial charge in [0.25, 0.3) is 0 Å². The lowest BCUT2D eigenvalue weighted by atomic mass is 9.76. The summed E-state index contributed by atoms with van der Waals surface area (Å²) >= 11 is 0. The van der Waals surface area contributed by atoms with Crippen molar-refractivity contribution in [2.24, 2.45) is 5.41 Å². The highest BCUT2D eigenvalue weighted by molar-refractivity contribution is 5.87. The molecule has 2 aliphatic rings. The van der Waals surface area contributed by atoms with Gasteiger partial charge in [0.1, 0.15) is 24.5 Å². The number of aromatic nitrogens is 5. The van der Waals surface area contributed by atoms with Gasteiger partial charge >= 0.3 is 6.09 Å². The molecule has 3 aromatic heterocycles. The highest BCUT2D eigenvalue weighted by atomic mass is 16.5. The van der Waals surface area contributed by atoms with Crippen LogP contribution in [-0.2, 0) is 19.4 Å². The number of H-pyrrole nitrogens is 1. The summed E-state index contributed by atoms with van der Waals surface area (Å²) in [6.07, 6.45) is 5.44. The maximum Gasteiger partial charge on any atom is 0.413 e. The van der Waals surface area contributed by atoms with Gasteiger partial charge in [0.05, 0.1) is 12.1 Å². The number of hydrogen-bond acceptors (Lipinski definition) is 7. The highest BCUT2D eigenvalue weighted by Crippen LogP contribution is 2.39. The summed E-state index contributed by atoms with van der Waals surface area (Å²) in [4.78, 5) is 35.7. The third-order valence-corrected chi connectivity index (χ3v) is 7.31. The van der Waals surface area contributed by atoms with Gasteiger partial charge in [0, 0.05) is 42.2 Å². The van der Waals surface area contributed by atoms with E-state index in [0.717, 1.165) is 64.7 Å². The molecule has 0 saturated heterocycles. The Kier molecular flexibility index (Phi) is 5.47. The third kappa shape index (κ3) is 4.32. The number of imidazole rings is 1. The average molecular weight is 500 g/mol. The zero-order valence-corrected chi connectivity index (χ0v) is 21.2. The first-order valence-electron chi connectivity index (χ1n) is 12.4. The van der Waals surface area contributed by atoms with Crippen molar-refractivity contribution < 1.29 is 14.6 Å². The molecule has 0 unspecified atom stereocenters. The Bertz CT molecular complexity index is 1510. The van der Waals surface area contributed by atoms with Crippen molar-refractivity contribution in [1.29, 1.82) is 0 Å². The molecule has 1 amide bonds. The maximum atomic E-state index is 11.3. The van der Waals surface area contributed by atoms with E-state index in [0.29, 0.717) is 24.3 Å². The predicted molar refractivity (Wildman–Crippen MR) is 140 cm³/mol. The summed E-state index contributed by atoms with van der Waals surface area (Å²) in [5.41, 5.74) is 6.76. The van der Waals surface area contributed by atoms with Gasteiger partial charge in [-0.3, -0.25) is 4.90 Å². The van der Waals surface area contributed by atoms with Crippen LogP contribution in [0.3, 0.4) is 0 Å². The second-order valence-corrected chi connectivity index (χ2v) is 10.6. The van der Waals surface area contributed by atoms with E-state index in [-0.39, 0.29) is 11.4 Å². The highest BCUT2D eigenvalue weighted by Gasteiger charge is 2.30. The molecule has 1 aliphatic heterocycles. The van der Waals surface area contributed by atoms with E-state index in [9.17, 15) is 9.90 Å². The number of fused-ring (bicyclic) bond motifs is 3. The molecule has 0 radical (unpaired) electrons. The number of carboxylic acid groups (broad SMARTS) is 1. The van der Waals surface area contributed by atoms with Gasteiger partial charge in [0.2, 0.25) is 5.95 Å². The van der Waals surface area contributed by atoms with Gasteiger partial charge in [-0.15, -0.1) is 0 Å². The monoisotopic (exact) mass is 499 g/mol. The molecule has 4 heterocycles. The quantitative estimate of drug-likeness (QED) is 0.424. The third-order valence-electron chi connectivity index (χ3n) is 7.31. The van der Waals surface area contributed by atoms with Crippen molar-refractivity contribution >= 4 is 29.0 Å². The van der Waals surface area contributed by atoms with Crippen LogP contribution in [0.4, 0.5) is 16.6 Å². The van der Waals surface area contributed by atoms with Crippen molar-refractivity contribution in [3.63, 3.8) is 0 Å². The molecule has 0 bridgehead atoms. The van der Waals surface area contributed by atoms with Crippen molar-refractivity contribution in [1.82, 2.24) is 24.9 Å². The first-order valence-corrected chi connectivity index (χ1v) is 12.4. The van der Waals surface area contributed by atoms with Gasteiger partial charge in [-0.05, 0) is 48.4 Å². The van der Waals surface area contributed by atoms with Gasteiger partial charge in [-0.25, -0.2) is 19.7 Å². The number of nitrogens with one attached hydrogen (secondary N) is 1. The fourth-order valence-corrected chi connectivity index (χ4v) is 5.18. The summed E-state index contributed by atoms with van der Waals surface area (Å²) in [5, 5.41) is 9.25. The molecule has 4 aromatic rings. The van der Waals surface area contributed by atoms with E-state index in [2.05, 4.69) is 44.7 Å². The average Bonchev–Trinajstić information content (AvgIpc) is 3.19. The maximum absolute atomic E-state index is 11.3. The lowest BCUT2D eigenvalue weighted by molar-refractivity contribution is 0.203. The second-order valence-electron chi connectivity index (χ2n) is 10.6. The van der Waals surface area contributed by atoms with E-state index in [4.69, 9.17) is 9.72 Å². The fraction of sp³-hybridized carbons (Fsp3) is 0.370. The molecule has 2 N–H and O–H groups in total. The number of benzene rings is 1. The lowest BCUT2D eigenvalue weighted by Crippen LogP contribution is -2.31. The van der Waals surface area contributed by atoms with Gasteiger partial charge in [0.15, 0.2) is 5.65 Å². The number of anilines is 2. The van der Waals surface area contributed by atoms with Crippen LogP contribution < -0.4 is 14.5 Å². The molecule has 1 aliphatic carbocycles. The second kappa shape index (κ2) is 8.72. The molecule has 190 valence electrons. The predicted octanol–water partition coefficient (Wildman–Crippen LogP) is 4.44. The fourth-order valence-electron chi connectivity index (χ4n) is 5.18. The van der Waals surface area contributed by atoms with Crippen molar-refractivity contribution in [3.8, 4) is 16.9 Å². The van der Waals surface area contributed by atoms with E-state index in [1.807, 2.05) is 18.2 Å². The van der Waals surface area contributed by atoms with Crippen LogP contribution in [-0.4, -0.2) is 56.3 Å². The normalized spacial score (nSPS) is 16.5. The number of amides is 1. The lowest BCUT2D eigenvalue weighted by Gasteiger charge is -2.33. The van der Waals surface area contributed by atoms with Crippen LogP contribution in [0, 0.1) is 5.41 Å². The number of ether oxygens (including phenoxy) is 1. The van der Waals surface area contributed by atoms with Crippen LogP contribution in [0.25, 0.3) is 22.3 Å². The van der Waals surface area contributed by atoms with Crippen molar-refractivity contribution in [2.75, 3.05) is 30.0 Å². The summed E-state index contributed by atoms with van der Waals surface area (Å²) < 4.78 is 6.12. The van der Waals surface area contributed by atoms with Gasteiger partial charge in [-0.2, -0.15) is 4.98 Å². The zero-order chi connectivity index (χ0) is 25.7. The number of rotatable bonds is 3. The Labute approximate surface area is 214 Å². The SMILES string of the molecule is CN(C(=O)O)c1nc2ncc(-c3ccc4c(c3)CN(c3ncnc5c3CC(C)(C)CC5)CCO4)cc2[nH]1. The number of aromatic amines is 1. The van der Waals surface area contributed by atoms with Crippen LogP contribution in [0.1, 0.15) is 37.1 Å². The Balaban J connectivity index is 1.33. The Hall–Kier alpha value is -4.21. The van der Waals surface area contributed by atoms with Gasteiger partial charge < -0.3 is 19.7 Å². The van der Waals surface area contributed by atoms with Gasteiger partial charge in [-0.1, -0.05) is 19.9 Å². The minimum absolute atomic E-state index is 0.231. The first-order chi connectivity index (χ1) is 17.8. The van der Waals surface area contributed by atoms with Crippen molar-refractivity contribution in [3.05, 3.63) is 53.6 Å². The van der Waals surface area contributed by atoms with Crippen LogP contribution in [0.5, 0.6) is 5.75 Å². The minimum Gasteiger partial charge on any atom is -0.491 e. The largest absolute Gasteiger partial charge is 0.491 e. The summed E-state index contributed by atoms with van der Waals surface area (Å²) in [6.45, 7) is 6.63. The molecule has 6 rings (SSSR count). The molecule has 0 saturated carbocycles. The number of carbonyl (C=O) groups is 1. The van der Waals surface area contributed by atoms with Crippen LogP contribution in [0.15, 0.2) is 36.8 Å². The molecular formula is C27H29N7O3. The molecule has 10 nitrogen and oxygen atoms in total. The molecular weight excluding hydrogens is 470 g/mol. The summed E-state index contributed by atoms with van der Waals surface area (Å²) in [7, 11) is 1.44. The summed E-state index contributed by atoms with van der Waals surface area (Å²) in [5.74, 6) is 2.11. The number of aryl methyl sites for hydroxylation is 1. The van der Waals surface area contributed by atoms with E-state index < -0.39 is 6.09 Å². The molecule has 0 spiro atoms. The first kappa shape index (κ1) is 23.2. The van der Waals surface area contributed by atoms with E-state index in [1.54, 1.807) is 12.5 Å². The van der Waals surface area contributed by atoms with Crippen molar-refractivity contribution in [2.45, 2.75) is 39.7 Å². The van der Waals surface area contributed by atoms with E-state index in [1.165, 1.54) is 12.6 Å². The molecule has 1 aromatic carbocycles. The van der Waals surface area contributed by atoms with E-state index >= 15 is 0 Å². The molecule has 10 heteroatoms. The molecule has 37 heavy (non-hydrogen) atoms. The van der Waals surface area contributed by atoms with Crippen LogP contribution in [0.2, 0.25) is 0 Å². The topological polar surface area (TPSA) is 120 Å². The number of nitrogens with zero attached hydrogens (tertiary/aromatic N) is 6. The molecule has 0 atom stereocenters. The minimum atomic E-state index is -1.09. The zero-order valence-electron chi connectivity index (χ0n) is 21.2. The Morgan fingerprint density at radius 2 is 2.05 bits per heavy atom. The van der Waals surface area contributed by atoms with Crippen LogP contribution >= 0.6 is 0 Å². The summed E-state index contributed by atoms with van der Waals surface area (Å²) in [6, 6.07) is 8.10. The Morgan fingerprint density at radius 3 is 2.89 bits per heavy atom. The molecule has 0 fully saturated rings. The number of pyridine rings is 1.